The second kappa shape index (κ2) is 6.02. The second-order valence-electron chi connectivity index (χ2n) is 6.38. The van der Waals surface area contributed by atoms with E-state index in [1.54, 1.807) is 19.1 Å². The van der Waals surface area contributed by atoms with Crippen molar-refractivity contribution in [1.29, 1.82) is 0 Å². The second-order valence-corrected chi connectivity index (χ2v) is 6.38. The van der Waals surface area contributed by atoms with Crippen LogP contribution in [0.15, 0.2) is 28.8 Å². The number of halogens is 1. The van der Waals surface area contributed by atoms with E-state index in [2.05, 4.69) is 5.16 Å². The first-order valence-corrected chi connectivity index (χ1v) is 8.30. The summed E-state index contributed by atoms with van der Waals surface area (Å²) in [6.45, 7) is 2.87. The minimum atomic E-state index is -0.325. The fourth-order valence-corrected chi connectivity index (χ4v) is 3.75. The Kier molecular flexibility index (Phi) is 3.84. The number of carbonyl (C=O) groups excluding carboxylic acids is 1. The number of ether oxygens (including phenoxy) is 1. The molecule has 1 aromatic carbocycles. The summed E-state index contributed by atoms with van der Waals surface area (Å²) in [5.41, 5.74) is 1.61. The van der Waals surface area contributed by atoms with Gasteiger partial charge in [-0.05, 0) is 50.5 Å². The van der Waals surface area contributed by atoms with Crippen LogP contribution in [0.5, 0.6) is 0 Å². The summed E-state index contributed by atoms with van der Waals surface area (Å²) in [6, 6.07) is 6.06. The number of nitrogens with zero attached hydrogens (tertiary/aromatic N) is 2. The molecule has 1 aromatic heterocycles. The molecule has 2 aromatic rings. The zero-order valence-electron chi connectivity index (χ0n) is 13.5. The number of morpholine rings is 1. The molecular formula is C18H19FN2O3. The molecule has 5 nitrogen and oxygen atoms in total. The number of aromatic nitrogens is 1. The maximum Gasteiger partial charge on any atom is 0.260 e. The smallest absolute Gasteiger partial charge is 0.260 e. The molecule has 24 heavy (non-hydrogen) atoms. The molecule has 1 aliphatic carbocycles. The summed E-state index contributed by atoms with van der Waals surface area (Å²) < 4.78 is 24.2. The molecule has 0 unspecified atom stereocenters. The van der Waals surface area contributed by atoms with Gasteiger partial charge in [0.05, 0.1) is 18.8 Å². The molecule has 2 aliphatic rings. The predicted octanol–water partition coefficient (Wildman–Crippen LogP) is 3.18. The summed E-state index contributed by atoms with van der Waals surface area (Å²) in [7, 11) is 0. The Bertz CT molecular complexity index is 756. The van der Waals surface area contributed by atoms with Gasteiger partial charge in [0.2, 0.25) is 0 Å². The van der Waals surface area contributed by atoms with Crippen molar-refractivity contribution in [2.24, 2.45) is 0 Å². The van der Waals surface area contributed by atoms with Crippen molar-refractivity contribution in [2.75, 3.05) is 13.2 Å². The molecule has 0 spiro atoms. The minimum Gasteiger partial charge on any atom is -0.374 e. The molecule has 1 saturated carbocycles. The van der Waals surface area contributed by atoms with Crippen LogP contribution in [0.1, 0.15) is 35.4 Å². The molecular weight excluding hydrogens is 311 g/mol. The van der Waals surface area contributed by atoms with Crippen molar-refractivity contribution in [2.45, 2.75) is 38.3 Å². The van der Waals surface area contributed by atoms with Gasteiger partial charge >= 0.3 is 0 Å². The highest BCUT2D eigenvalue weighted by Gasteiger charge is 2.40. The van der Waals surface area contributed by atoms with Crippen LogP contribution in [0, 0.1) is 12.7 Å². The molecule has 126 valence electrons. The molecule has 0 bridgehead atoms. The van der Waals surface area contributed by atoms with E-state index in [0.29, 0.717) is 35.7 Å². The van der Waals surface area contributed by atoms with E-state index in [0.717, 1.165) is 19.3 Å². The van der Waals surface area contributed by atoms with E-state index in [9.17, 15) is 9.18 Å². The molecule has 1 saturated heterocycles. The summed E-state index contributed by atoms with van der Waals surface area (Å²) in [4.78, 5) is 15.1. The number of aryl methyl sites for hydroxylation is 1. The standard InChI is InChI=1S/C18H19FN2O3/c1-11-16(17(20-24-11)12-5-7-13(19)8-6-12)18(22)21-9-10-23-15-4-2-3-14(15)21/h5-8,14-15H,2-4,9-10H2,1H3/t14-,15-/m0/s1. The molecule has 2 heterocycles. The number of fused-ring (bicyclic) bond motifs is 1. The topological polar surface area (TPSA) is 55.6 Å². The lowest BCUT2D eigenvalue weighted by molar-refractivity contribution is -0.0445. The third-order valence-electron chi connectivity index (χ3n) is 4.94. The van der Waals surface area contributed by atoms with Crippen LogP contribution in [0.3, 0.4) is 0 Å². The van der Waals surface area contributed by atoms with Gasteiger partial charge in [0.1, 0.15) is 22.8 Å². The third-order valence-corrected chi connectivity index (χ3v) is 4.94. The summed E-state index contributed by atoms with van der Waals surface area (Å²) in [5, 5.41) is 4.04. The van der Waals surface area contributed by atoms with Crippen molar-refractivity contribution in [1.82, 2.24) is 10.1 Å². The van der Waals surface area contributed by atoms with Gasteiger partial charge in [-0.25, -0.2) is 4.39 Å². The Hall–Kier alpha value is -2.21. The number of benzene rings is 1. The van der Waals surface area contributed by atoms with Gasteiger partial charge in [0, 0.05) is 12.1 Å². The van der Waals surface area contributed by atoms with Crippen LogP contribution in [0.2, 0.25) is 0 Å². The fraction of sp³-hybridized carbons (Fsp3) is 0.444. The largest absolute Gasteiger partial charge is 0.374 e. The average Bonchev–Trinajstić information content (AvgIpc) is 3.21. The first-order chi connectivity index (χ1) is 11.6. The van der Waals surface area contributed by atoms with Crippen molar-refractivity contribution in [3.63, 3.8) is 0 Å². The van der Waals surface area contributed by atoms with Gasteiger partial charge in [-0.3, -0.25) is 4.79 Å². The molecule has 2 fully saturated rings. The van der Waals surface area contributed by atoms with Crippen LogP contribution < -0.4 is 0 Å². The van der Waals surface area contributed by atoms with Gasteiger partial charge < -0.3 is 14.2 Å². The number of carbonyl (C=O) groups is 1. The van der Waals surface area contributed by atoms with Crippen LogP contribution in [-0.4, -0.2) is 41.3 Å². The Morgan fingerprint density at radius 1 is 1.29 bits per heavy atom. The van der Waals surface area contributed by atoms with E-state index in [1.807, 2.05) is 4.90 Å². The lowest BCUT2D eigenvalue weighted by atomic mass is 10.0. The van der Waals surface area contributed by atoms with E-state index in [1.165, 1.54) is 12.1 Å². The SMILES string of the molecule is Cc1onc(-c2ccc(F)cc2)c1C(=O)N1CCO[C@H]2CCC[C@@H]21. The van der Waals surface area contributed by atoms with E-state index < -0.39 is 0 Å². The Morgan fingerprint density at radius 2 is 2.08 bits per heavy atom. The summed E-state index contributed by atoms with van der Waals surface area (Å²) >= 11 is 0. The van der Waals surface area contributed by atoms with E-state index >= 15 is 0 Å². The Morgan fingerprint density at radius 3 is 2.88 bits per heavy atom. The zero-order valence-corrected chi connectivity index (χ0v) is 13.5. The highest BCUT2D eigenvalue weighted by Crippen LogP contribution is 2.33. The Balaban J connectivity index is 1.69. The average molecular weight is 330 g/mol. The van der Waals surface area contributed by atoms with E-state index in [-0.39, 0.29) is 23.9 Å². The van der Waals surface area contributed by atoms with Gasteiger partial charge in [-0.15, -0.1) is 0 Å². The van der Waals surface area contributed by atoms with Gasteiger partial charge in [-0.1, -0.05) is 5.16 Å². The molecule has 0 N–H and O–H groups in total. The molecule has 2 atom stereocenters. The normalized spacial score (nSPS) is 23.3. The third kappa shape index (κ3) is 2.51. The lowest BCUT2D eigenvalue weighted by Gasteiger charge is -2.37. The molecule has 4 rings (SSSR count). The molecule has 1 aliphatic heterocycles. The van der Waals surface area contributed by atoms with Crippen molar-refractivity contribution in [3.05, 3.63) is 41.4 Å². The van der Waals surface area contributed by atoms with Crippen LogP contribution in [0.4, 0.5) is 4.39 Å². The van der Waals surface area contributed by atoms with Crippen molar-refractivity contribution < 1.29 is 18.4 Å². The maximum absolute atomic E-state index is 13.2. The summed E-state index contributed by atoms with van der Waals surface area (Å²) in [5.74, 6) is 0.0856. The van der Waals surface area contributed by atoms with Gasteiger partial charge in [-0.2, -0.15) is 0 Å². The van der Waals surface area contributed by atoms with Gasteiger partial charge in [0.15, 0.2) is 0 Å². The summed E-state index contributed by atoms with van der Waals surface area (Å²) in [6.07, 6.45) is 3.18. The lowest BCUT2D eigenvalue weighted by Crippen LogP contribution is -2.51. The molecule has 0 radical (unpaired) electrons. The quantitative estimate of drug-likeness (QED) is 0.848. The minimum absolute atomic E-state index is 0.0757. The first-order valence-electron chi connectivity index (χ1n) is 8.30. The monoisotopic (exact) mass is 330 g/mol. The number of amides is 1. The number of hydrogen-bond acceptors (Lipinski definition) is 4. The highest BCUT2D eigenvalue weighted by molar-refractivity contribution is 6.01. The number of hydrogen-bond donors (Lipinski definition) is 0. The number of rotatable bonds is 2. The zero-order chi connectivity index (χ0) is 16.7. The van der Waals surface area contributed by atoms with Crippen molar-refractivity contribution in [3.8, 4) is 11.3 Å². The molecule has 6 heteroatoms. The van der Waals surface area contributed by atoms with Crippen LogP contribution in [-0.2, 0) is 4.74 Å². The maximum atomic E-state index is 13.2. The first kappa shape index (κ1) is 15.3. The van der Waals surface area contributed by atoms with E-state index in [4.69, 9.17) is 9.26 Å². The van der Waals surface area contributed by atoms with Crippen LogP contribution >= 0.6 is 0 Å². The Labute approximate surface area is 139 Å². The predicted molar refractivity (Wildman–Crippen MR) is 85.0 cm³/mol. The van der Waals surface area contributed by atoms with Crippen LogP contribution in [0.25, 0.3) is 11.3 Å². The highest BCUT2D eigenvalue weighted by atomic mass is 19.1. The fourth-order valence-electron chi connectivity index (χ4n) is 3.75. The van der Waals surface area contributed by atoms with Gasteiger partial charge in [0.25, 0.3) is 5.91 Å². The van der Waals surface area contributed by atoms with Crippen molar-refractivity contribution >= 4 is 5.91 Å². The molecule has 1 amide bonds.